The summed E-state index contributed by atoms with van der Waals surface area (Å²) in [5, 5.41) is 13.6. The summed E-state index contributed by atoms with van der Waals surface area (Å²) >= 11 is 0. The Bertz CT molecular complexity index is 190. The molecule has 0 spiro atoms. The van der Waals surface area contributed by atoms with Crippen LogP contribution in [0, 0.1) is 0 Å². The summed E-state index contributed by atoms with van der Waals surface area (Å²) in [6.45, 7) is 12.2. The van der Waals surface area contributed by atoms with E-state index in [9.17, 15) is 5.11 Å². The zero-order chi connectivity index (χ0) is 10.9. The second-order valence-corrected chi connectivity index (χ2v) is 5.25. The van der Waals surface area contributed by atoms with E-state index in [0.29, 0.717) is 12.1 Å². The Balaban J connectivity index is 2.59. The Labute approximate surface area is 87.5 Å². The molecule has 0 aliphatic carbocycles. The molecule has 0 saturated carbocycles. The predicted octanol–water partition coefficient (Wildman–Crippen LogP) is 0.828. The highest BCUT2D eigenvalue weighted by molar-refractivity contribution is 5.00. The zero-order valence-corrected chi connectivity index (χ0v) is 10.0. The molecule has 0 aromatic rings. The topological polar surface area (TPSA) is 35.5 Å². The van der Waals surface area contributed by atoms with Crippen LogP contribution in [0.25, 0.3) is 0 Å². The van der Waals surface area contributed by atoms with Crippen LogP contribution in [0.15, 0.2) is 0 Å². The summed E-state index contributed by atoms with van der Waals surface area (Å²) < 4.78 is 0. The Morgan fingerprint density at radius 2 is 1.93 bits per heavy atom. The van der Waals surface area contributed by atoms with Crippen LogP contribution in [0.5, 0.6) is 0 Å². The van der Waals surface area contributed by atoms with E-state index >= 15 is 0 Å². The second kappa shape index (κ2) is 4.17. The first-order valence-electron chi connectivity index (χ1n) is 5.55. The highest BCUT2D eigenvalue weighted by Gasteiger charge is 2.42. The Hall–Kier alpha value is -0.120. The number of nitrogens with one attached hydrogen (secondary N) is 1. The van der Waals surface area contributed by atoms with E-state index in [1.54, 1.807) is 0 Å². The molecule has 0 aromatic heterocycles. The third kappa shape index (κ3) is 2.69. The maximum absolute atomic E-state index is 10.2. The normalized spacial score (nSPS) is 34.7. The van der Waals surface area contributed by atoms with Gasteiger partial charge in [-0.15, -0.1) is 0 Å². The first kappa shape index (κ1) is 12.0. The number of likely N-dealkylation sites (tertiary alicyclic amines) is 1. The summed E-state index contributed by atoms with van der Waals surface area (Å²) in [4.78, 5) is 2.32. The van der Waals surface area contributed by atoms with Gasteiger partial charge < -0.3 is 10.4 Å². The number of nitrogens with zero attached hydrogens (tertiary/aromatic N) is 1. The van der Waals surface area contributed by atoms with Crippen LogP contribution < -0.4 is 5.32 Å². The number of hydrogen-bond acceptors (Lipinski definition) is 3. The van der Waals surface area contributed by atoms with Crippen molar-refractivity contribution in [2.75, 3.05) is 13.1 Å². The van der Waals surface area contributed by atoms with Crippen molar-refractivity contribution in [2.45, 2.75) is 58.3 Å². The monoisotopic (exact) mass is 200 g/mol. The molecular formula is C11H24N2O. The lowest BCUT2D eigenvalue weighted by Gasteiger charge is -2.27. The van der Waals surface area contributed by atoms with Crippen molar-refractivity contribution in [3.63, 3.8) is 0 Å². The van der Waals surface area contributed by atoms with Crippen molar-refractivity contribution in [1.29, 1.82) is 0 Å². The quantitative estimate of drug-likeness (QED) is 0.708. The van der Waals surface area contributed by atoms with Gasteiger partial charge in [0.1, 0.15) is 0 Å². The molecule has 2 unspecified atom stereocenters. The smallest absolute Gasteiger partial charge is 0.0910 e. The zero-order valence-electron chi connectivity index (χ0n) is 10.0. The predicted molar refractivity (Wildman–Crippen MR) is 59.4 cm³/mol. The number of hydrogen-bond donors (Lipinski definition) is 2. The Morgan fingerprint density at radius 3 is 2.29 bits per heavy atom. The summed E-state index contributed by atoms with van der Waals surface area (Å²) in [7, 11) is 0. The minimum absolute atomic E-state index is 0.199. The lowest BCUT2D eigenvalue weighted by molar-refractivity contribution is 0.0412. The van der Waals surface area contributed by atoms with Crippen molar-refractivity contribution >= 4 is 0 Å². The first-order valence-corrected chi connectivity index (χ1v) is 5.55. The van der Waals surface area contributed by atoms with E-state index in [1.165, 1.54) is 0 Å². The van der Waals surface area contributed by atoms with E-state index in [1.807, 2.05) is 6.92 Å². The molecule has 0 amide bonds. The van der Waals surface area contributed by atoms with Crippen molar-refractivity contribution < 1.29 is 5.11 Å². The summed E-state index contributed by atoms with van der Waals surface area (Å²) in [6.07, 6.45) is 0. The summed E-state index contributed by atoms with van der Waals surface area (Å²) in [5.74, 6) is 0. The molecule has 3 nitrogen and oxygen atoms in total. The van der Waals surface area contributed by atoms with Crippen LogP contribution in [-0.2, 0) is 0 Å². The van der Waals surface area contributed by atoms with Gasteiger partial charge in [0.15, 0.2) is 0 Å². The number of β-amino-alcohol motifs (C(OH)–C–C–N with tert-alkyl or cyclic N) is 1. The molecule has 1 saturated heterocycles. The van der Waals surface area contributed by atoms with Gasteiger partial charge in [-0.3, -0.25) is 4.90 Å². The van der Waals surface area contributed by atoms with E-state index in [4.69, 9.17) is 0 Å². The van der Waals surface area contributed by atoms with E-state index in [-0.39, 0.29) is 6.04 Å². The maximum Gasteiger partial charge on any atom is 0.0910 e. The van der Waals surface area contributed by atoms with Gasteiger partial charge in [-0.1, -0.05) is 13.8 Å². The van der Waals surface area contributed by atoms with Gasteiger partial charge in [0.25, 0.3) is 0 Å². The molecule has 2 atom stereocenters. The average Bonchev–Trinajstić information content (AvgIpc) is 2.26. The van der Waals surface area contributed by atoms with Crippen LogP contribution in [-0.4, -0.2) is 46.8 Å². The van der Waals surface area contributed by atoms with Crippen molar-refractivity contribution in [3.05, 3.63) is 0 Å². The van der Waals surface area contributed by atoms with E-state index in [2.05, 4.69) is 37.9 Å². The maximum atomic E-state index is 10.2. The molecule has 1 aliphatic rings. The molecule has 1 heterocycles. The summed E-state index contributed by atoms with van der Waals surface area (Å²) in [6, 6.07) is 1.14. The van der Waals surface area contributed by atoms with Crippen LogP contribution in [0.3, 0.4) is 0 Å². The minimum atomic E-state index is -0.589. The van der Waals surface area contributed by atoms with Gasteiger partial charge in [0.2, 0.25) is 0 Å². The standard InChI is InChI=1S/C11H24N2O/c1-8(2)12-10-6-13(9(3)4)7-11(10,5)14/h8-10,12,14H,6-7H2,1-5H3. The second-order valence-electron chi connectivity index (χ2n) is 5.25. The molecule has 0 aromatic carbocycles. The number of aliphatic hydroxyl groups is 1. The fourth-order valence-electron chi connectivity index (χ4n) is 2.05. The van der Waals surface area contributed by atoms with Crippen molar-refractivity contribution in [2.24, 2.45) is 0 Å². The molecule has 3 heteroatoms. The minimum Gasteiger partial charge on any atom is -0.387 e. The largest absolute Gasteiger partial charge is 0.387 e. The van der Waals surface area contributed by atoms with Crippen LogP contribution in [0.2, 0.25) is 0 Å². The molecule has 0 radical (unpaired) electrons. The van der Waals surface area contributed by atoms with Gasteiger partial charge in [0, 0.05) is 31.2 Å². The van der Waals surface area contributed by atoms with E-state index in [0.717, 1.165) is 13.1 Å². The van der Waals surface area contributed by atoms with Gasteiger partial charge in [0.05, 0.1) is 5.60 Å². The lowest BCUT2D eigenvalue weighted by Crippen LogP contribution is -2.50. The van der Waals surface area contributed by atoms with Crippen LogP contribution >= 0.6 is 0 Å². The van der Waals surface area contributed by atoms with Crippen molar-refractivity contribution in [1.82, 2.24) is 10.2 Å². The number of rotatable bonds is 3. The average molecular weight is 200 g/mol. The SMILES string of the molecule is CC(C)NC1CN(C(C)C)CC1(C)O. The van der Waals surface area contributed by atoms with Gasteiger partial charge in [-0.05, 0) is 20.8 Å². The lowest BCUT2D eigenvalue weighted by atomic mass is 10.0. The molecule has 84 valence electrons. The van der Waals surface area contributed by atoms with Crippen LogP contribution in [0.4, 0.5) is 0 Å². The molecule has 1 aliphatic heterocycles. The molecule has 1 rings (SSSR count). The fraction of sp³-hybridized carbons (Fsp3) is 1.00. The molecule has 2 N–H and O–H groups in total. The highest BCUT2D eigenvalue weighted by Crippen LogP contribution is 2.23. The third-order valence-corrected chi connectivity index (χ3v) is 2.96. The molecular weight excluding hydrogens is 176 g/mol. The van der Waals surface area contributed by atoms with Crippen molar-refractivity contribution in [3.8, 4) is 0 Å². The van der Waals surface area contributed by atoms with Gasteiger partial charge >= 0.3 is 0 Å². The van der Waals surface area contributed by atoms with E-state index < -0.39 is 5.60 Å². The van der Waals surface area contributed by atoms with Crippen LogP contribution in [0.1, 0.15) is 34.6 Å². The van der Waals surface area contributed by atoms with Gasteiger partial charge in [-0.25, -0.2) is 0 Å². The molecule has 14 heavy (non-hydrogen) atoms. The first-order chi connectivity index (χ1) is 6.33. The third-order valence-electron chi connectivity index (χ3n) is 2.96. The van der Waals surface area contributed by atoms with Gasteiger partial charge in [-0.2, -0.15) is 0 Å². The highest BCUT2D eigenvalue weighted by atomic mass is 16.3. The summed E-state index contributed by atoms with van der Waals surface area (Å²) in [5.41, 5.74) is -0.589. The molecule has 0 bridgehead atoms. The fourth-order valence-corrected chi connectivity index (χ4v) is 2.05. The Morgan fingerprint density at radius 1 is 1.36 bits per heavy atom. The Kier molecular flexibility index (Phi) is 3.56. The molecule has 1 fully saturated rings.